The molecular formula is C11H20O3. The highest BCUT2D eigenvalue weighted by Gasteiger charge is 2.49. The van der Waals surface area contributed by atoms with Crippen LogP contribution in [0.15, 0.2) is 0 Å². The molecule has 0 aliphatic carbocycles. The molecule has 2 unspecified atom stereocenters. The minimum atomic E-state index is -0.537. The zero-order valence-electron chi connectivity index (χ0n) is 9.88. The van der Waals surface area contributed by atoms with E-state index in [0.717, 1.165) is 0 Å². The topological polar surface area (TPSA) is 35.5 Å². The maximum absolute atomic E-state index is 11.1. The lowest BCUT2D eigenvalue weighted by Crippen LogP contribution is -2.42. The number of hydrogen-bond donors (Lipinski definition) is 0. The van der Waals surface area contributed by atoms with Gasteiger partial charge in [-0.2, -0.15) is 0 Å². The second-order valence-corrected chi connectivity index (χ2v) is 6.06. The Kier molecular flexibility index (Phi) is 2.55. The van der Waals surface area contributed by atoms with Gasteiger partial charge in [-0.05, 0) is 0 Å². The van der Waals surface area contributed by atoms with Crippen LogP contribution in [0.3, 0.4) is 0 Å². The van der Waals surface area contributed by atoms with E-state index in [9.17, 15) is 4.79 Å². The van der Waals surface area contributed by atoms with Gasteiger partial charge < -0.3 is 9.47 Å². The molecule has 82 valence electrons. The molecule has 0 saturated carbocycles. The molecule has 3 heteroatoms. The predicted octanol–water partition coefficient (Wildman–Crippen LogP) is 2.98. The van der Waals surface area contributed by atoms with Gasteiger partial charge in [0.15, 0.2) is 0 Å². The zero-order chi connectivity index (χ0) is 11.1. The summed E-state index contributed by atoms with van der Waals surface area (Å²) in [6.45, 7) is 12.3. The van der Waals surface area contributed by atoms with Crippen LogP contribution < -0.4 is 0 Å². The van der Waals surface area contributed by atoms with Gasteiger partial charge in [0.25, 0.3) is 0 Å². The summed E-state index contributed by atoms with van der Waals surface area (Å²) >= 11 is 0. The summed E-state index contributed by atoms with van der Waals surface area (Å²) in [4.78, 5) is 11.1. The second kappa shape index (κ2) is 3.14. The lowest BCUT2D eigenvalue weighted by Gasteiger charge is -2.34. The number of carbonyl (C=O) groups excluding carboxylic acids is 1. The molecule has 1 heterocycles. The molecule has 1 saturated heterocycles. The molecule has 0 radical (unpaired) electrons. The van der Waals surface area contributed by atoms with Crippen LogP contribution in [-0.4, -0.2) is 18.4 Å². The van der Waals surface area contributed by atoms with Crippen molar-refractivity contribution in [3.63, 3.8) is 0 Å². The molecule has 1 aliphatic heterocycles. The third-order valence-corrected chi connectivity index (χ3v) is 2.43. The van der Waals surface area contributed by atoms with Crippen LogP contribution in [-0.2, 0) is 9.47 Å². The van der Waals surface area contributed by atoms with Crippen molar-refractivity contribution < 1.29 is 14.3 Å². The summed E-state index contributed by atoms with van der Waals surface area (Å²) in [5.41, 5.74) is -0.159. The van der Waals surface area contributed by atoms with Gasteiger partial charge in [0.1, 0.15) is 12.2 Å². The van der Waals surface area contributed by atoms with E-state index < -0.39 is 6.16 Å². The number of carbonyl (C=O) groups is 1. The second-order valence-electron chi connectivity index (χ2n) is 6.06. The monoisotopic (exact) mass is 200 g/mol. The van der Waals surface area contributed by atoms with E-state index in [-0.39, 0.29) is 23.0 Å². The fourth-order valence-corrected chi connectivity index (χ4v) is 1.62. The van der Waals surface area contributed by atoms with Crippen LogP contribution in [0, 0.1) is 10.8 Å². The Morgan fingerprint density at radius 3 is 1.36 bits per heavy atom. The summed E-state index contributed by atoms with van der Waals surface area (Å²) in [6, 6.07) is 0. The van der Waals surface area contributed by atoms with Gasteiger partial charge in [-0.1, -0.05) is 41.5 Å². The first-order valence-electron chi connectivity index (χ1n) is 4.99. The van der Waals surface area contributed by atoms with Crippen molar-refractivity contribution >= 4 is 6.16 Å². The average molecular weight is 200 g/mol. The van der Waals surface area contributed by atoms with Gasteiger partial charge >= 0.3 is 6.16 Å². The smallest absolute Gasteiger partial charge is 0.426 e. The molecule has 0 N–H and O–H groups in total. The van der Waals surface area contributed by atoms with Crippen molar-refractivity contribution in [2.45, 2.75) is 53.8 Å². The number of hydrogen-bond acceptors (Lipinski definition) is 3. The highest BCUT2D eigenvalue weighted by Crippen LogP contribution is 2.39. The molecule has 0 bridgehead atoms. The van der Waals surface area contributed by atoms with Crippen LogP contribution in [0.25, 0.3) is 0 Å². The van der Waals surface area contributed by atoms with Gasteiger partial charge in [0, 0.05) is 10.8 Å². The van der Waals surface area contributed by atoms with Gasteiger partial charge in [0.2, 0.25) is 0 Å². The van der Waals surface area contributed by atoms with Crippen LogP contribution in [0.2, 0.25) is 0 Å². The maximum atomic E-state index is 11.1. The van der Waals surface area contributed by atoms with Crippen LogP contribution in [0.5, 0.6) is 0 Å². The maximum Gasteiger partial charge on any atom is 0.509 e. The standard InChI is InChI=1S/C11H20O3/c1-10(2,3)7-8(11(4,5)6)14-9(12)13-7/h7-8H,1-6H3. The lowest BCUT2D eigenvalue weighted by atomic mass is 9.76. The van der Waals surface area contributed by atoms with E-state index in [4.69, 9.17) is 9.47 Å². The van der Waals surface area contributed by atoms with Crippen LogP contribution in [0.4, 0.5) is 4.79 Å². The van der Waals surface area contributed by atoms with Crippen molar-refractivity contribution in [3.05, 3.63) is 0 Å². The highest BCUT2D eigenvalue weighted by molar-refractivity contribution is 5.62. The van der Waals surface area contributed by atoms with E-state index in [0.29, 0.717) is 0 Å². The first-order valence-corrected chi connectivity index (χ1v) is 4.99. The molecule has 0 aromatic carbocycles. The predicted molar refractivity (Wildman–Crippen MR) is 54.1 cm³/mol. The minimum absolute atomic E-state index is 0.0793. The summed E-state index contributed by atoms with van der Waals surface area (Å²) < 4.78 is 10.4. The first-order chi connectivity index (χ1) is 6.12. The Balaban J connectivity index is 2.89. The molecule has 0 aromatic heterocycles. The largest absolute Gasteiger partial charge is 0.509 e. The molecule has 1 rings (SSSR count). The van der Waals surface area contributed by atoms with Gasteiger partial charge in [-0.3, -0.25) is 0 Å². The lowest BCUT2D eigenvalue weighted by molar-refractivity contribution is 0.000876. The van der Waals surface area contributed by atoms with Crippen LogP contribution in [0.1, 0.15) is 41.5 Å². The quantitative estimate of drug-likeness (QED) is 0.564. The molecule has 1 fully saturated rings. The van der Waals surface area contributed by atoms with Crippen molar-refractivity contribution in [3.8, 4) is 0 Å². The molecule has 0 spiro atoms. The fraction of sp³-hybridized carbons (Fsp3) is 0.909. The Morgan fingerprint density at radius 1 is 0.857 bits per heavy atom. The van der Waals surface area contributed by atoms with Gasteiger partial charge in [-0.25, -0.2) is 4.79 Å². The molecule has 3 nitrogen and oxygen atoms in total. The molecule has 14 heavy (non-hydrogen) atoms. The molecule has 1 aliphatic rings. The number of cyclic esters (lactones) is 2. The van der Waals surface area contributed by atoms with E-state index in [1.165, 1.54) is 0 Å². The first kappa shape index (κ1) is 11.3. The van der Waals surface area contributed by atoms with E-state index >= 15 is 0 Å². The van der Waals surface area contributed by atoms with Crippen LogP contribution >= 0.6 is 0 Å². The highest BCUT2D eigenvalue weighted by atomic mass is 16.8. The minimum Gasteiger partial charge on any atom is -0.426 e. The van der Waals surface area contributed by atoms with Crippen molar-refractivity contribution in [1.29, 1.82) is 0 Å². The summed E-state index contributed by atoms with van der Waals surface area (Å²) in [6.07, 6.45) is -0.852. The Morgan fingerprint density at radius 2 is 1.14 bits per heavy atom. The van der Waals surface area contributed by atoms with Gasteiger partial charge in [-0.15, -0.1) is 0 Å². The van der Waals surface area contributed by atoms with Gasteiger partial charge in [0.05, 0.1) is 0 Å². The van der Waals surface area contributed by atoms with E-state index in [1.807, 2.05) is 0 Å². The molecular weight excluding hydrogens is 180 g/mol. The Labute approximate surface area is 85.8 Å². The average Bonchev–Trinajstić information content (AvgIpc) is 2.27. The van der Waals surface area contributed by atoms with Crippen molar-refractivity contribution in [1.82, 2.24) is 0 Å². The third kappa shape index (κ3) is 2.20. The number of ether oxygens (including phenoxy) is 2. The zero-order valence-corrected chi connectivity index (χ0v) is 9.88. The summed E-state index contributed by atoms with van der Waals surface area (Å²) in [5.74, 6) is 0. The van der Waals surface area contributed by atoms with E-state index in [2.05, 4.69) is 41.5 Å². The molecule has 2 atom stereocenters. The SMILES string of the molecule is CC(C)(C)C1OC(=O)OC1C(C)(C)C. The van der Waals surface area contributed by atoms with Crippen molar-refractivity contribution in [2.75, 3.05) is 0 Å². The third-order valence-electron chi connectivity index (χ3n) is 2.43. The summed E-state index contributed by atoms with van der Waals surface area (Å²) in [5, 5.41) is 0. The Hall–Kier alpha value is -0.730. The fourth-order valence-electron chi connectivity index (χ4n) is 1.62. The molecule has 0 amide bonds. The molecule has 0 aromatic rings. The van der Waals surface area contributed by atoms with E-state index in [1.54, 1.807) is 0 Å². The normalized spacial score (nSPS) is 28.6. The number of rotatable bonds is 0. The summed E-state index contributed by atoms with van der Waals surface area (Å²) in [7, 11) is 0. The Bertz CT molecular complexity index is 208. The van der Waals surface area contributed by atoms with Crippen molar-refractivity contribution in [2.24, 2.45) is 10.8 Å².